The van der Waals surface area contributed by atoms with Gasteiger partial charge in [-0.3, -0.25) is 4.68 Å². The van der Waals surface area contributed by atoms with E-state index in [9.17, 15) is 5.11 Å². The number of ether oxygens (including phenoxy) is 1. The van der Waals surface area contributed by atoms with Crippen LogP contribution < -0.4 is 10.5 Å². The first-order valence-electron chi connectivity index (χ1n) is 9.05. The molecule has 0 atom stereocenters. The lowest BCUT2D eigenvalue weighted by molar-refractivity contribution is 0.276. The van der Waals surface area contributed by atoms with Crippen LogP contribution >= 0.6 is 0 Å². The zero-order valence-electron chi connectivity index (χ0n) is 15.9. The lowest BCUT2D eigenvalue weighted by Gasteiger charge is -2.22. The zero-order chi connectivity index (χ0) is 18.4. The average Bonchev–Trinajstić information content (AvgIpc) is 3.00. The van der Waals surface area contributed by atoms with Crippen LogP contribution in [-0.2, 0) is 13.5 Å². The van der Waals surface area contributed by atoms with Crippen LogP contribution in [-0.4, -0.2) is 28.0 Å². The lowest BCUT2D eigenvalue weighted by Crippen LogP contribution is -2.23. The first kappa shape index (κ1) is 19.3. The van der Waals surface area contributed by atoms with Gasteiger partial charge in [0.05, 0.1) is 12.3 Å². The number of nitrogens with zero attached hydrogens (tertiary/aromatic N) is 2. The number of aryl methyl sites for hydroxylation is 2. The van der Waals surface area contributed by atoms with Crippen molar-refractivity contribution in [3.05, 3.63) is 30.0 Å². The number of hydrogen-bond acceptors (Lipinski definition) is 4. The first-order valence-corrected chi connectivity index (χ1v) is 9.05. The van der Waals surface area contributed by atoms with Crippen molar-refractivity contribution in [3.8, 4) is 22.8 Å². The Balaban J connectivity index is 2.02. The second-order valence-electron chi connectivity index (χ2n) is 7.34. The van der Waals surface area contributed by atoms with Crippen LogP contribution in [0.5, 0.6) is 11.5 Å². The van der Waals surface area contributed by atoms with Crippen molar-refractivity contribution in [1.82, 2.24) is 9.78 Å². The normalized spacial score (nSPS) is 11.7. The van der Waals surface area contributed by atoms with Crippen LogP contribution in [0.15, 0.2) is 24.4 Å². The minimum atomic E-state index is 0.192. The molecule has 0 bridgehead atoms. The molecule has 0 saturated carbocycles. The number of nitrogens with two attached hydrogens (primary N) is 1. The molecule has 1 aromatic carbocycles. The van der Waals surface area contributed by atoms with Gasteiger partial charge in [0.15, 0.2) is 0 Å². The molecule has 2 rings (SSSR count). The monoisotopic (exact) mass is 345 g/mol. The number of unbranched alkanes of at least 4 members (excludes halogenated alkanes) is 1. The van der Waals surface area contributed by atoms with Gasteiger partial charge in [0, 0.05) is 24.9 Å². The van der Waals surface area contributed by atoms with Crippen LogP contribution in [0.4, 0.5) is 0 Å². The Kier molecular flexibility index (Phi) is 6.48. The largest absolute Gasteiger partial charge is 0.507 e. The topological polar surface area (TPSA) is 73.3 Å². The van der Waals surface area contributed by atoms with E-state index in [-0.39, 0.29) is 11.2 Å². The van der Waals surface area contributed by atoms with Crippen LogP contribution in [0, 0.1) is 5.41 Å². The van der Waals surface area contributed by atoms with Crippen molar-refractivity contribution in [2.75, 3.05) is 13.2 Å². The molecule has 1 aromatic heterocycles. The minimum absolute atomic E-state index is 0.192. The molecular formula is C20H31N3O2. The third-order valence-electron chi connectivity index (χ3n) is 4.71. The summed E-state index contributed by atoms with van der Waals surface area (Å²) in [6.07, 6.45) is 5.74. The molecule has 138 valence electrons. The Hall–Kier alpha value is -2.01. The molecule has 3 N–H and O–H groups in total. The van der Waals surface area contributed by atoms with Gasteiger partial charge in [-0.25, -0.2) is 0 Å². The summed E-state index contributed by atoms with van der Waals surface area (Å²) in [7, 11) is 1.87. The minimum Gasteiger partial charge on any atom is -0.507 e. The number of phenols is 1. The van der Waals surface area contributed by atoms with E-state index in [1.54, 1.807) is 16.9 Å². The number of phenolic OH excluding ortho intramolecular Hbond substituents is 1. The fraction of sp³-hybridized carbons (Fsp3) is 0.550. The van der Waals surface area contributed by atoms with Gasteiger partial charge in [0.1, 0.15) is 11.5 Å². The number of rotatable bonds is 9. The maximum atomic E-state index is 10.4. The van der Waals surface area contributed by atoms with Crippen LogP contribution in [0.1, 0.15) is 45.6 Å². The Morgan fingerprint density at radius 3 is 2.64 bits per heavy atom. The van der Waals surface area contributed by atoms with E-state index < -0.39 is 0 Å². The van der Waals surface area contributed by atoms with Gasteiger partial charge in [-0.1, -0.05) is 20.8 Å². The van der Waals surface area contributed by atoms with Crippen LogP contribution in [0.2, 0.25) is 0 Å². The fourth-order valence-corrected chi connectivity index (χ4v) is 2.86. The highest BCUT2D eigenvalue weighted by Gasteiger charge is 2.15. The summed E-state index contributed by atoms with van der Waals surface area (Å²) in [5.41, 5.74) is 8.73. The predicted molar refractivity (Wildman–Crippen MR) is 102 cm³/mol. The summed E-state index contributed by atoms with van der Waals surface area (Å²) in [5, 5.41) is 14.6. The number of aromatic nitrogens is 2. The van der Waals surface area contributed by atoms with E-state index in [0.29, 0.717) is 13.2 Å². The molecule has 0 aliphatic heterocycles. The highest BCUT2D eigenvalue weighted by atomic mass is 16.5. The molecule has 0 unspecified atom stereocenters. The third-order valence-corrected chi connectivity index (χ3v) is 4.71. The van der Waals surface area contributed by atoms with Crippen LogP contribution in [0.25, 0.3) is 11.3 Å². The Morgan fingerprint density at radius 1 is 1.28 bits per heavy atom. The van der Waals surface area contributed by atoms with Crippen LogP contribution in [0.3, 0.4) is 0 Å². The average molecular weight is 345 g/mol. The van der Waals surface area contributed by atoms with Crippen molar-refractivity contribution < 1.29 is 9.84 Å². The molecule has 0 amide bonds. The molecule has 5 nitrogen and oxygen atoms in total. The van der Waals surface area contributed by atoms with Gasteiger partial charge in [-0.2, -0.15) is 5.10 Å². The molecule has 2 aromatic rings. The molecule has 0 aliphatic carbocycles. The summed E-state index contributed by atoms with van der Waals surface area (Å²) in [6, 6.07) is 5.62. The highest BCUT2D eigenvalue weighted by Crippen LogP contribution is 2.35. The van der Waals surface area contributed by atoms with E-state index in [2.05, 4.69) is 25.9 Å². The first-order chi connectivity index (χ1) is 11.9. The fourth-order valence-electron chi connectivity index (χ4n) is 2.86. The maximum absolute atomic E-state index is 10.4. The van der Waals surface area contributed by atoms with Gasteiger partial charge in [0.25, 0.3) is 0 Å². The van der Waals surface area contributed by atoms with Gasteiger partial charge in [-0.05, 0) is 55.3 Å². The summed E-state index contributed by atoms with van der Waals surface area (Å²) < 4.78 is 7.70. The van der Waals surface area contributed by atoms with Crippen molar-refractivity contribution in [2.24, 2.45) is 18.2 Å². The van der Waals surface area contributed by atoms with Gasteiger partial charge < -0.3 is 15.6 Å². The van der Waals surface area contributed by atoms with Crippen molar-refractivity contribution in [3.63, 3.8) is 0 Å². The second kappa shape index (κ2) is 8.39. The summed E-state index contributed by atoms with van der Waals surface area (Å²) >= 11 is 0. The van der Waals surface area contributed by atoms with Gasteiger partial charge >= 0.3 is 0 Å². The Bertz CT molecular complexity index is 692. The molecule has 0 spiro atoms. The van der Waals surface area contributed by atoms with Crippen molar-refractivity contribution in [2.45, 2.75) is 46.5 Å². The summed E-state index contributed by atoms with van der Waals surface area (Å²) in [5.74, 6) is 0.990. The third kappa shape index (κ3) is 4.98. The molecule has 25 heavy (non-hydrogen) atoms. The molecule has 5 heteroatoms. The van der Waals surface area contributed by atoms with Gasteiger partial charge in [-0.15, -0.1) is 0 Å². The molecule has 0 radical (unpaired) electrons. The maximum Gasteiger partial charge on any atom is 0.128 e. The van der Waals surface area contributed by atoms with Gasteiger partial charge in [0.2, 0.25) is 0 Å². The van der Waals surface area contributed by atoms with E-state index in [1.807, 2.05) is 19.2 Å². The predicted octanol–water partition coefficient (Wildman–Crippen LogP) is 3.89. The number of benzene rings is 1. The van der Waals surface area contributed by atoms with E-state index in [0.717, 1.165) is 48.3 Å². The van der Waals surface area contributed by atoms with E-state index in [4.69, 9.17) is 10.5 Å². The second-order valence-corrected chi connectivity index (χ2v) is 7.34. The van der Waals surface area contributed by atoms with Crippen molar-refractivity contribution >= 4 is 0 Å². The molecule has 0 aliphatic rings. The Labute approximate surface area is 150 Å². The Morgan fingerprint density at radius 2 is 2.04 bits per heavy atom. The number of aromatic hydroxyl groups is 1. The molecular weight excluding hydrogens is 314 g/mol. The molecule has 1 heterocycles. The van der Waals surface area contributed by atoms with E-state index in [1.165, 1.54) is 0 Å². The SMILES string of the molecule is CCc1cc(-c2ccnn2C)c(O)cc1OCCCCC(C)(C)CN. The number of hydrogen-bond donors (Lipinski definition) is 2. The van der Waals surface area contributed by atoms with E-state index >= 15 is 0 Å². The van der Waals surface area contributed by atoms with Crippen molar-refractivity contribution in [1.29, 1.82) is 0 Å². The summed E-state index contributed by atoms with van der Waals surface area (Å²) in [6.45, 7) is 7.84. The molecule has 0 fully saturated rings. The summed E-state index contributed by atoms with van der Waals surface area (Å²) in [4.78, 5) is 0. The molecule has 0 saturated heterocycles. The quantitative estimate of drug-likeness (QED) is 0.676. The standard InChI is InChI=1S/C20H31N3O2/c1-5-15-12-16(17-8-10-22-23(17)4)18(24)13-19(15)25-11-7-6-9-20(2,3)14-21/h8,10,12-13,24H,5-7,9,11,14,21H2,1-4H3. The lowest BCUT2D eigenvalue weighted by atomic mass is 9.87. The highest BCUT2D eigenvalue weighted by molar-refractivity contribution is 5.70. The zero-order valence-corrected chi connectivity index (χ0v) is 15.9. The smallest absolute Gasteiger partial charge is 0.128 e.